The van der Waals surface area contributed by atoms with Gasteiger partial charge in [0.1, 0.15) is 0 Å². The summed E-state index contributed by atoms with van der Waals surface area (Å²) in [5.41, 5.74) is 0. The molecule has 1 heteroatoms. The first-order chi connectivity index (χ1) is 4.41. The molecular weight excluding hydrogens is 112 g/mol. The van der Waals surface area contributed by atoms with Crippen LogP contribution in [-0.2, 0) is 0 Å². The van der Waals surface area contributed by atoms with Gasteiger partial charge in [-0.15, -0.1) is 12.3 Å². The van der Waals surface area contributed by atoms with Gasteiger partial charge in [0, 0.05) is 6.42 Å². The van der Waals surface area contributed by atoms with E-state index in [2.05, 4.69) is 5.92 Å². The molecule has 50 valence electrons. The molecule has 0 saturated heterocycles. The van der Waals surface area contributed by atoms with E-state index in [9.17, 15) is 0 Å². The number of hydrogen-bond donors (Lipinski definition) is 1. The summed E-state index contributed by atoms with van der Waals surface area (Å²) in [4.78, 5) is 0. The summed E-state index contributed by atoms with van der Waals surface area (Å²) in [6.45, 7) is 0.135. The van der Waals surface area contributed by atoms with E-state index in [1.54, 1.807) is 6.08 Å². The molecule has 0 fully saturated rings. The molecule has 0 aliphatic carbocycles. The summed E-state index contributed by atoms with van der Waals surface area (Å²) in [5.74, 6) is 2.55. The molecule has 0 bridgehead atoms. The molecule has 1 N–H and O–H groups in total. The third-order valence-corrected chi connectivity index (χ3v) is 0.964. The van der Waals surface area contributed by atoms with Gasteiger partial charge in [0.05, 0.1) is 6.61 Å². The quantitative estimate of drug-likeness (QED) is 0.340. The Balaban J connectivity index is 2.92. The largest absolute Gasteiger partial charge is 0.392 e. The topological polar surface area (TPSA) is 20.2 Å². The minimum atomic E-state index is 0.135. The lowest BCUT2D eigenvalue weighted by Gasteiger charge is -1.85. The smallest absolute Gasteiger partial charge is 0.0612 e. The van der Waals surface area contributed by atoms with Gasteiger partial charge in [0.2, 0.25) is 0 Å². The number of terminal acetylenes is 1. The third-order valence-electron chi connectivity index (χ3n) is 0.964. The number of unbranched alkanes of at least 4 members (excludes halogenated alkanes) is 2. The highest BCUT2D eigenvalue weighted by molar-refractivity contribution is 4.86. The van der Waals surface area contributed by atoms with Crippen LogP contribution in [0.4, 0.5) is 0 Å². The molecule has 0 aliphatic rings. The average molecular weight is 124 g/mol. The Morgan fingerprint density at radius 3 is 2.78 bits per heavy atom. The van der Waals surface area contributed by atoms with Crippen molar-refractivity contribution in [3.63, 3.8) is 0 Å². The average Bonchev–Trinajstić information content (AvgIpc) is 1.89. The van der Waals surface area contributed by atoms with Gasteiger partial charge in [-0.1, -0.05) is 12.2 Å². The molecule has 0 aromatic rings. The molecule has 9 heavy (non-hydrogen) atoms. The van der Waals surface area contributed by atoms with Gasteiger partial charge in [-0.3, -0.25) is 0 Å². The van der Waals surface area contributed by atoms with Crippen molar-refractivity contribution in [3.8, 4) is 12.3 Å². The van der Waals surface area contributed by atoms with Crippen LogP contribution in [0.3, 0.4) is 0 Å². The van der Waals surface area contributed by atoms with Crippen molar-refractivity contribution in [1.29, 1.82) is 0 Å². The second kappa shape index (κ2) is 7.26. The molecule has 0 aromatic heterocycles. The Labute approximate surface area is 56.4 Å². The first kappa shape index (κ1) is 8.26. The molecule has 0 rings (SSSR count). The molecule has 0 unspecified atom stereocenters. The van der Waals surface area contributed by atoms with Gasteiger partial charge in [-0.2, -0.15) is 0 Å². The SMILES string of the molecule is C#CCCC/C=C/CO. The summed E-state index contributed by atoms with van der Waals surface area (Å²) in [6.07, 6.45) is 11.5. The first-order valence-electron chi connectivity index (χ1n) is 3.11. The van der Waals surface area contributed by atoms with Crippen LogP contribution in [0.15, 0.2) is 12.2 Å². The maximum absolute atomic E-state index is 8.30. The van der Waals surface area contributed by atoms with Crippen molar-refractivity contribution in [2.24, 2.45) is 0 Å². The maximum Gasteiger partial charge on any atom is 0.0612 e. The van der Waals surface area contributed by atoms with Gasteiger partial charge in [0.25, 0.3) is 0 Å². The molecule has 0 aliphatic heterocycles. The summed E-state index contributed by atoms with van der Waals surface area (Å²) in [7, 11) is 0. The number of aliphatic hydroxyl groups is 1. The third kappa shape index (κ3) is 7.26. The first-order valence-corrected chi connectivity index (χ1v) is 3.11. The highest BCUT2D eigenvalue weighted by Gasteiger charge is 1.77. The highest BCUT2D eigenvalue weighted by Crippen LogP contribution is 1.93. The summed E-state index contributed by atoms with van der Waals surface area (Å²) in [5, 5.41) is 8.30. The second-order valence-electron chi connectivity index (χ2n) is 1.75. The van der Waals surface area contributed by atoms with E-state index in [1.807, 2.05) is 6.08 Å². The van der Waals surface area contributed by atoms with Gasteiger partial charge in [-0.25, -0.2) is 0 Å². The zero-order valence-corrected chi connectivity index (χ0v) is 5.51. The van der Waals surface area contributed by atoms with E-state index in [-0.39, 0.29) is 6.61 Å². The monoisotopic (exact) mass is 124 g/mol. The molecule has 0 heterocycles. The van der Waals surface area contributed by atoms with E-state index < -0.39 is 0 Å². The van der Waals surface area contributed by atoms with Gasteiger partial charge in [0.15, 0.2) is 0 Å². The fourth-order valence-corrected chi connectivity index (χ4v) is 0.514. The zero-order valence-electron chi connectivity index (χ0n) is 5.51. The van der Waals surface area contributed by atoms with E-state index in [4.69, 9.17) is 11.5 Å². The van der Waals surface area contributed by atoms with Crippen LogP contribution in [-0.4, -0.2) is 11.7 Å². The van der Waals surface area contributed by atoms with E-state index >= 15 is 0 Å². The number of hydrogen-bond acceptors (Lipinski definition) is 1. The Hall–Kier alpha value is -0.740. The van der Waals surface area contributed by atoms with Crippen LogP contribution in [0.2, 0.25) is 0 Å². The Morgan fingerprint density at radius 1 is 1.44 bits per heavy atom. The van der Waals surface area contributed by atoms with Crippen LogP contribution < -0.4 is 0 Å². The lowest BCUT2D eigenvalue weighted by Crippen LogP contribution is -1.72. The summed E-state index contributed by atoms with van der Waals surface area (Å²) < 4.78 is 0. The molecular formula is C8H12O. The minimum Gasteiger partial charge on any atom is -0.392 e. The van der Waals surface area contributed by atoms with Gasteiger partial charge >= 0.3 is 0 Å². The fourth-order valence-electron chi connectivity index (χ4n) is 0.514. The Bertz CT molecular complexity index is 108. The number of rotatable bonds is 4. The Kier molecular flexibility index (Phi) is 6.66. The molecule has 0 spiro atoms. The predicted octanol–water partition coefficient (Wildman–Crippen LogP) is 1.34. The van der Waals surface area contributed by atoms with Crippen molar-refractivity contribution in [2.75, 3.05) is 6.61 Å². The standard InChI is InChI=1S/C8H12O/c1-2-3-4-5-6-7-8-9/h1,6-7,9H,3-5,8H2/b7-6+. The van der Waals surface area contributed by atoms with Crippen LogP contribution in [0.1, 0.15) is 19.3 Å². The van der Waals surface area contributed by atoms with Crippen molar-refractivity contribution in [2.45, 2.75) is 19.3 Å². The minimum absolute atomic E-state index is 0.135. The predicted molar refractivity (Wildman–Crippen MR) is 38.9 cm³/mol. The molecule has 0 atom stereocenters. The molecule has 0 saturated carbocycles. The van der Waals surface area contributed by atoms with Crippen LogP contribution in [0.5, 0.6) is 0 Å². The van der Waals surface area contributed by atoms with Gasteiger partial charge in [-0.05, 0) is 12.8 Å². The van der Waals surface area contributed by atoms with Crippen LogP contribution >= 0.6 is 0 Å². The van der Waals surface area contributed by atoms with E-state index in [0.29, 0.717) is 0 Å². The lowest BCUT2D eigenvalue weighted by atomic mass is 10.2. The van der Waals surface area contributed by atoms with E-state index in [1.165, 1.54) is 0 Å². The van der Waals surface area contributed by atoms with Crippen molar-refractivity contribution >= 4 is 0 Å². The van der Waals surface area contributed by atoms with Crippen molar-refractivity contribution < 1.29 is 5.11 Å². The summed E-state index contributed by atoms with van der Waals surface area (Å²) >= 11 is 0. The highest BCUT2D eigenvalue weighted by atomic mass is 16.2. The second-order valence-corrected chi connectivity index (χ2v) is 1.75. The van der Waals surface area contributed by atoms with Crippen molar-refractivity contribution in [1.82, 2.24) is 0 Å². The lowest BCUT2D eigenvalue weighted by molar-refractivity contribution is 0.342. The van der Waals surface area contributed by atoms with Crippen molar-refractivity contribution in [3.05, 3.63) is 12.2 Å². The molecule has 0 radical (unpaired) electrons. The van der Waals surface area contributed by atoms with Crippen LogP contribution in [0, 0.1) is 12.3 Å². The maximum atomic E-state index is 8.30. The van der Waals surface area contributed by atoms with Crippen LogP contribution in [0.25, 0.3) is 0 Å². The number of aliphatic hydroxyl groups excluding tert-OH is 1. The fraction of sp³-hybridized carbons (Fsp3) is 0.500. The zero-order chi connectivity index (χ0) is 6.95. The normalized spacial score (nSPS) is 9.78. The van der Waals surface area contributed by atoms with Gasteiger partial charge < -0.3 is 5.11 Å². The molecule has 1 nitrogen and oxygen atoms in total. The summed E-state index contributed by atoms with van der Waals surface area (Å²) in [6, 6.07) is 0. The Morgan fingerprint density at radius 2 is 2.22 bits per heavy atom. The molecule has 0 amide bonds. The number of allylic oxidation sites excluding steroid dienone is 1. The molecule has 0 aromatic carbocycles. The van der Waals surface area contributed by atoms with E-state index in [0.717, 1.165) is 19.3 Å².